The van der Waals surface area contributed by atoms with Crippen LogP contribution in [-0.2, 0) is 4.79 Å². The molecule has 0 saturated carbocycles. The first-order valence-electron chi connectivity index (χ1n) is 6.53. The number of benzene rings is 1. The van der Waals surface area contributed by atoms with E-state index in [4.69, 9.17) is 5.11 Å². The molecule has 2 N–H and O–H groups in total. The summed E-state index contributed by atoms with van der Waals surface area (Å²) < 4.78 is 36.9. The highest BCUT2D eigenvalue weighted by atomic mass is 19.4. The number of aliphatic hydroxyl groups excluding tert-OH is 1. The Hall–Kier alpha value is -2.20. The van der Waals surface area contributed by atoms with Gasteiger partial charge in [-0.3, -0.25) is 19.8 Å². The highest BCUT2D eigenvalue weighted by Gasteiger charge is 2.39. The molecule has 0 radical (unpaired) electrons. The van der Waals surface area contributed by atoms with E-state index in [1.807, 2.05) is 0 Å². The second-order valence-electron chi connectivity index (χ2n) is 4.94. The number of alkyl halides is 3. The first kappa shape index (κ1) is 18.8. The molecule has 1 amide bonds. The summed E-state index contributed by atoms with van der Waals surface area (Å²) in [6.07, 6.45) is -7.38. The largest absolute Gasteiger partial charge is 0.415 e. The van der Waals surface area contributed by atoms with Crippen LogP contribution in [0.15, 0.2) is 24.3 Å². The Balaban J connectivity index is 2.76. The Morgan fingerprint density at radius 1 is 1.43 bits per heavy atom. The fourth-order valence-corrected chi connectivity index (χ4v) is 1.71. The monoisotopic (exact) mass is 335 g/mol. The maximum atomic E-state index is 12.3. The van der Waals surface area contributed by atoms with Gasteiger partial charge in [0.15, 0.2) is 6.10 Å². The van der Waals surface area contributed by atoms with Crippen molar-refractivity contribution < 1.29 is 28.0 Å². The lowest BCUT2D eigenvalue weighted by atomic mass is 10.2. The molecule has 0 bridgehead atoms. The summed E-state index contributed by atoms with van der Waals surface area (Å²) in [7, 11) is 1.23. The average molecular weight is 335 g/mol. The number of anilines is 1. The minimum Gasteiger partial charge on any atom is -0.382 e. The molecule has 7 nitrogen and oxygen atoms in total. The van der Waals surface area contributed by atoms with Gasteiger partial charge in [-0.15, -0.1) is 0 Å². The molecular weight excluding hydrogens is 319 g/mol. The third kappa shape index (κ3) is 5.18. The fourth-order valence-electron chi connectivity index (χ4n) is 1.71. The number of nitrogens with zero attached hydrogens (tertiary/aromatic N) is 2. The predicted octanol–water partition coefficient (Wildman–Crippen LogP) is 1.78. The zero-order chi connectivity index (χ0) is 17.8. The SMILES string of the molecule is CC(C(=O)Nc1ccccc1[N+](=O)[O-])N(C)CC(O)C(F)(F)F. The quantitative estimate of drug-likeness (QED) is 0.610. The van der Waals surface area contributed by atoms with Crippen LogP contribution < -0.4 is 5.32 Å². The Morgan fingerprint density at radius 3 is 2.52 bits per heavy atom. The van der Waals surface area contributed by atoms with Crippen LogP contribution in [0.4, 0.5) is 24.5 Å². The minimum absolute atomic E-state index is 0.0564. The summed E-state index contributed by atoms with van der Waals surface area (Å²) in [4.78, 5) is 23.2. The second-order valence-corrected chi connectivity index (χ2v) is 4.94. The molecule has 1 aromatic rings. The molecule has 128 valence electrons. The van der Waals surface area contributed by atoms with Crippen LogP contribution in [0, 0.1) is 10.1 Å². The number of nitro benzene ring substituents is 1. The Morgan fingerprint density at radius 2 is 2.00 bits per heavy atom. The van der Waals surface area contributed by atoms with E-state index in [9.17, 15) is 28.1 Å². The Labute approximate surface area is 129 Å². The molecule has 0 aromatic heterocycles. The summed E-state index contributed by atoms with van der Waals surface area (Å²) in [5.41, 5.74) is -0.384. The minimum atomic E-state index is -4.79. The van der Waals surface area contributed by atoms with Gasteiger partial charge in [0.2, 0.25) is 5.91 Å². The van der Waals surface area contributed by atoms with Crippen LogP contribution in [0.25, 0.3) is 0 Å². The van der Waals surface area contributed by atoms with Gasteiger partial charge in [0, 0.05) is 12.6 Å². The first-order chi connectivity index (χ1) is 10.5. The molecule has 1 aromatic carbocycles. The maximum absolute atomic E-state index is 12.3. The summed E-state index contributed by atoms with van der Waals surface area (Å²) >= 11 is 0. The molecule has 0 saturated heterocycles. The van der Waals surface area contributed by atoms with Crippen LogP contribution in [0.1, 0.15) is 6.92 Å². The van der Waals surface area contributed by atoms with E-state index in [2.05, 4.69) is 5.32 Å². The van der Waals surface area contributed by atoms with Crippen LogP contribution in [0.3, 0.4) is 0 Å². The molecule has 0 heterocycles. The van der Waals surface area contributed by atoms with E-state index in [0.717, 1.165) is 4.90 Å². The van der Waals surface area contributed by atoms with Crippen LogP contribution in [-0.4, -0.2) is 52.8 Å². The number of nitrogens with one attached hydrogen (secondary N) is 1. The van der Waals surface area contributed by atoms with Crippen molar-refractivity contribution in [1.82, 2.24) is 4.90 Å². The van der Waals surface area contributed by atoms with E-state index in [1.165, 1.54) is 38.2 Å². The summed E-state index contributed by atoms with van der Waals surface area (Å²) in [5.74, 6) is -0.726. The van der Waals surface area contributed by atoms with Crippen molar-refractivity contribution in [3.8, 4) is 0 Å². The molecule has 0 fully saturated rings. The fraction of sp³-hybridized carbons (Fsp3) is 0.462. The molecule has 1 rings (SSSR count). The van der Waals surface area contributed by atoms with Crippen molar-refractivity contribution in [3.63, 3.8) is 0 Å². The van der Waals surface area contributed by atoms with Gasteiger partial charge in [-0.1, -0.05) is 12.1 Å². The van der Waals surface area contributed by atoms with E-state index in [0.29, 0.717) is 0 Å². The smallest absolute Gasteiger partial charge is 0.382 e. The van der Waals surface area contributed by atoms with Crippen LogP contribution in [0.5, 0.6) is 0 Å². The standard InChI is InChI=1S/C13H16F3N3O4/c1-8(18(2)7-11(20)13(14,15)16)12(21)17-9-5-3-4-6-10(9)19(22)23/h3-6,8,11,20H,7H2,1-2H3,(H,17,21). The molecule has 0 aliphatic rings. The summed E-state index contributed by atoms with van der Waals surface area (Å²) in [6, 6.07) is 4.37. The predicted molar refractivity (Wildman–Crippen MR) is 75.9 cm³/mol. The molecule has 0 aliphatic heterocycles. The maximum Gasteiger partial charge on any atom is 0.415 e. The van der Waals surface area contributed by atoms with Gasteiger partial charge >= 0.3 is 6.18 Å². The number of halogens is 3. The lowest BCUT2D eigenvalue weighted by Crippen LogP contribution is -2.46. The van der Waals surface area contributed by atoms with Crippen molar-refractivity contribution >= 4 is 17.3 Å². The Kier molecular flexibility index (Phi) is 6.05. The number of aliphatic hydroxyl groups is 1. The second kappa shape index (κ2) is 7.38. The first-order valence-corrected chi connectivity index (χ1v) is 6.53. The molecule has 0 spiro atoms. The number of para-hydroxylation sites is 2. The van der Waals surface area contributed by atoms with Gasteiger partial charge in [-0.25, -0.2) is 0 Å². The normalized spacial score (nSPS) is 14.4. The highest BCUT2D eigenvalue weighted by Crippen LogP contribution is 2.24. The average Bonchev–Trinajstić information content (AvgIpc) is 2.45. The topological polar surface area (TPSA) is 95.7 Å². The lowest BCUT2D eigenvalue weighted by molar-refractivity contribution is -0.383. The molecule has 10 heteroatoms. The van der Waals surface area contributed by atoms with Crippen LogP contribution >= 0.6 is 0 Å². The molecule has 23 heavy (non-hydrogen) atoms. The van der Waals surface area contributed by atoms with Crippen LogP contribution in [0.2, 0.25) is 0 Å². The summed E-state index contributed by atoms with van der Waals surface area (Å²) in [6.45, 7) is 0.530. The number of rotatable bonds is 6. The van der Waals surface area contributed by atoms with Gasteiger partial charge in [0.05, 0.1) is 11.0 Å². The van der Waals surface area contributed by atoms with E-state index in [-0.39, 0.29) is 11.4 Å². The molecule has 2 atom stereocenters. The number of amides is 1. The van der Waals surface area contributed by atoms with Crippen molar-refractivity contribution in [2.75, 3.05) is 18.9 Å². The van der Waals surface area contributed by atoms with Gasteiger partial charge in [0.1, 0.15) is 5.69 Å². The summed E-state index contributed by atoms with van der Waals surface area (Å²) in [5, 5.41) is 22.2. The highest BCUT2D eigenvalue weighted by molar-refractivity contribution is 5.96. The van der Waals surface area contributed by atoms with Gasteiger partial charge in [-0.05, 0) is 20.0 Å². The van der Waals surface area contributed by atoms with E-state index < -0.39 is 35.7 Å². The van der Waals surface area contributed by atoms with Gasteiger partial charge in [0.25, 0.3) is 5.69 Å². The molecule has 0 aliphatic carbocycles. The Bertz CT molecular complexity index is 580. The number of nitro groups is 1. The number of hydrogen-bond donors (Lipinski definition) is 2. The zero-order valence-electron chi connectivity index (χ0n) is 12.4. The van der Waals surface area contributed by atoms with Crippen molar-refractivity contribution in [2.24, 2.45) is 0 Å². The molecular formula is C13H16F3N3O4. The number of likely N-dealkylation sites (N-methyl/N-ethyl adjacent to an activating group) is 1. The van der Waals surface area contributed by atoms with E-state index >= 15 is 0 Å². The van der Waals surface area contributed by atoms with E-state index in [1.54, 1.807) is 0 Å². The van der Waals surface area contributed by atoms with Gasteiger partial charge < -0.3 is 10.4 Å². The third-order valence-electron chi connectivity index (χ3n) is 3.24. The number of hydrogen-bond acceptors (Lipinski definition) is 5. The lowest BCUT2D eigenvalue weighted by Gasteiger charge is -2.26. The number of carbonyl (C=O) groups excluding carboxylic acids is 1. The van der Waals surface area contributed by atoms with Crippen molar-refractivity contribution in [3.05, 3.63) is 34.4 Å². The third-order valence-corrected chi connectivity index (χ3v) is 3.24. The zero-order valence-corrected chi connectivity index (χ0v) is 12.4. The number of carbonyl (C=O) groups is 1. The molecule has 2 unspecified atom stereocenters. The van der Waals surface area contributed by atoms with Crippen molar-refractivity contribution in [1.29, 1.82) is 0 Å². The van der Waals surface area contributed by atoms with Gasteiger partial charge in [-0.2, -0.15) is 13.2 Å². The van der Waals surface area contributed by atoms with Crippen molar-refractivity contribution in [2.45, 2.75) is 25.2 Å².